The van der Waals surface area contributed by atoms with E-state index in [2.05, 4.69) is 6.92 Å². The molecule has 1 rings (SSSR count). The molecule has 2 N–H and O–H groups in total. The van der Waals surface area contributed by atoms with Crippen molar-refractivity contribution >= 4 is 5.78 Å². The second-order valence-corrected chi connectivity index (χ2v) is 3.95. The molecule has 0 bridgehead atoms. The molecular formula is C10H19NO. The van der Waals surface area contributed by atoms with E-state index in [1.54, 1.807) is 0 Å². The lowest BCUT2D eigenvalue weighted by molar-refractivity contribution is -0.122. The summed E-state index contributed by atoms with van der Waals surface area (Å²) in [7, 11) is 0. The normalized spacial score (nSPS) is 30.7. The van der Waals surface area contributed by atoms with Gasteiger partial charge in [0.05, 0.1) is 0 Å². The maximum absolute atomic E-state index is 11.2. The molecule has 2 heteroatoms. The molecule has 2 unspecified atom stereocenters. The molecule has 0 radical (unpaired) electrons. The fourth-order valence-corrected chi connectivity index (χ4v) is 1.99. The van der Waals surface area contributed by atoms with E-state index in [1.165, 1.54) is 0 Å². The second-order valence-electron chi connectivity index (χ2n) is 3.95. The second kappa shape index (κ2) is 4.61. The van der Waals surface area contributed by atoms with Gasteiger partial charge in [-0.25, -0.2) is 0 Å². The van der Waals surface area contributed by atoms with Gasteiger partial charge in [-0.05, 0) is 37.6 Å². The van der Waals surface area contributed by atoms with E-state index in [9.17, 15) is 4.79 Å². The van der Waals surface area contributed by atoms with Gasteiger partial charge in [-0.3, -0.25) is 4.79 Å². The van der Waals surface area contributed by atoms with Gasteiger partial charge in [0.15, 0.2) is 0 Å². The molecule has 2 nitrogen and oxygen atoms in total. The van der Waals surface area contributed by atoms with Crippen molar-refractivity contribution in [2.75, 3.05) is 6.54 Å². The first-order valence-corrected chi connectivity index (χ1v) is 4.95. The molecule has 0 spiro atoms. The Morgan fingerprint density at radius 1 is 1.58 bits per heavy atom. The molecule has 0 aromatic heterocycles. The number of nitrogens with two attached hydrogens (primary N) is 1. The fraction of sp³-hybridized carbons (Fsp3) is 0.900. The third-order valence-electron chi connectivity index (χ3n) is 2.95. The van der Waals surface area contributed by atoms with Gasteiger partial charge in [-0.1, -0.05) is 6.92 Å². The van der Waals surface area contributed by atoms with Crippen LogP contribution in [0.3, 0.4) is 0 Å². The van der Waals surface area contributed by atoms with Gasteiger partial charge < -0.3 is 5.73 Å². The monoisotopic (exact) mass is 169 g/mol. The Labute approximate surface area is 74.5 Å². The number of hydrogen-bond donors (Lipinski definition) is 1. The van der Waals surface area contributed by atoms with Crippen molar-refractivity contribution < 1.29 is 4.79 Å². The molecule has 12 heavy (non-hydrogen) atoms. The lowest BCUT2D eigenvalue weighted by atomic mass is 9.77. The molecule has 0 heterocycles. The summed E-state index contributed by atoms with van der Waals surface area (Å²) in [6.45, 7) is 3.02. The Hall–Kier alpha value is -0.370. The minimum absolute atomic E-state index is 0.454. The summed E-state index contributed by atoms with van der Waals surface area (Å²) in [5, 5.41) is 0. The highest BCUT2D eigenvalue weighted by molar-refractivity contribution is 5.79. The lowest BCUT2D eigenvalue weighted by Gasteiger charge is -2.27. The zero-order valence-electron chi connectivity index (χ0n) is 7.88. The molecule has 0 amide bonds. The van der Waals surface area contributed by atoms with Gasteiger partial charge in [-0.2, -0.15) is 0 Å². The van der Waals surface area contributed by atoms with Gasteiger partial charge in [-0.15, -0.1) is 0 Å². The van der Waals surface area contributed by atoms with Crippen molar-refractivity contribution in [2.24, 2.45) is 17.6 Å². The predicted octanol–water partition coefficient (Wildman–Crippen LogP) is 1.73. The van der Waals surface area contributed by atoms with Gasteiger partial charge in [0, 0.05) is 12.8 Å². The summed E-state index contributed by atoms with van der Waals surface area (Å²) in [5.41, 5.74) is 5.44. The number of hydrogen-bond acceptors (Lipinski definition) is 2. The Balaban J connectivity index is 2.33. The van der Waals surface area contributed by atoms with Crippen LogP contribution in [0.1, 0.15) is 39.0 Å². The van der Waals surface area contributed by atoms with E-state index in [0.717, 1.165) is 44.6 Å². The number of carbonyl (C=O) groups excluding carboxylic acids is 1. The molecule has 2 atom stereocenters. The van der Waals surface area contributed by atoms with Gasteiger partial charge in [0.2, 0.25) is 0 Å². The van der Waals surface area contributed by atoms with E-state index in [1.807, 2.05) is 0 Å². The van der Waals surface area contributed by atoms with E-state index < -0.39 is 0 Å². The van der Waals surface area contributed by atoms with Crippen molar-refractivity contribution in [3.05, 3.63) is 0 Å². The number of ketones is 1. The van der Waals surface area contributed by atoms with Crippen LogP contribution in [0.2, 0.25) is 0 Å². The quantitative estimate of drug-likeness (QED) is 0.699. The summed E-state index contributed by atoms with van der Waals surface area (Å²) in [6.07, 6.45) is 4.92. The Morgan fingerprint density at radius 3 is 3.00 bits per heavy atom. The molecule has 1 saturated carbocycles. The summed E-state index contributed by atoms with van der Waals surface area (Å²) < 4.78 is 0. The van der Waals surface area contributed by atoms with Crippen LogP contribution in [0, 0.1) is 11.8 Å². The Bertz CT molecular complexity index is 156. The van der Waals surface area contributed by atoms with Crippen LogP contribution in [0.5, 0.6) is 0 Å². The fourth-order valence-electron chi connectivity index (χ4n) is 1.99. The maximum Gasteiger partial charge on any atom is 0.133 e. The van der Waals surface area contributed by atoms with Crippen LogP contribution in [0.15, 0.2) is 0 Å². The van der Waals surface area contributed by atoms with Crippen molar-refractivity contribution in [3.8, 4) is 0 Å². The average Bonchev–Trinajstić information content (AvgIpc) is 2.07. The molecule has 1 aliphatic carbocycles. The largest absolute Gasteiger partial charge is 0.330 e. The van der Waals surface area contributed by atoms with Crippen LogP contribution in [0.4, 0.5) is 0 Å². The standard InChI is InChI=1S/C10H19NO/c1-8-4-5-10(12)7-9(8)3-2-6-11/h8-9H,2-7,11H2,1H3. The average molecular weight is 169 g/mol. The minimum Gasteiger partial charge on any atom is -0.330 e. The van der Waals surface area contributed by atoms with Crippen LogP contribution in [-0.4, -0.2) is 12.3 Å². The first-order chi connectivity index (χ1) is 5.74. The van der Waals surface area contributed by atoms with E-state index in [0.29, 0.717) is 11.7 Å². The molecule has 0 aromatic carbocycles. The summed E-state index contributed by atoms with van der Waals surface area (Å²) in [6, 6.07) is 0. The topological polar surface area (TPSA) is 43.1 Å². The Morgan fingerprint density at radius 2 is 2.33 bits per heavy atom. The summed E-state index contributed by atoms with van der Waals surface area (Å²) in [5.74, 6) is 1.80. The van der Waals surface area contributed by atoms with Crippen LogP contribution >= 0.6 is 0 Å². The van der Waals surface area contributed by atoms with E-state index >= 15 is 0 Å². The maximum atomic E-state index is 11.2. The minimum atomic E-state index is 0.454. The van der Waals surface area contributed by atoms with E-state index in [-0.39, 0.29) is 0 Å². The Kier molecular flexibility index (Phi) is 3.73. The third-order valence-corrected chi connectivity index (χ3v) is 2.95. The van der Waals surface area contributed by atoms with Crippen LogP contribution in [0.25, 0.3) is 0 Å². The molecule has 0 saturated heterocycles. The molecular weight excluding hydrogens is 150 g/mol. The SMILES string of the molecule is CC1CCC(=O)CC1CCCN. The first kappa shape index (κ1) is 9.72. The van der Waals surface area contributed by atoms with E-state index in [4.69, 9.17) is 5.73 Å². The lowest BCUT2D eigenvalue weighted by Crippen LogP contribution is -2.23. The zero-order chi connectivity index (χ0) is 8.97. The smallest absolute Gasteiger partial charge is 0.133 e. The van der Waals surface area contributed by atoms with Gasteiger partial charge >= 0.3 is 0 Å². The summed E-state index contributed by atoms with van der Waals surface area (Å²) >= 11 is 0. The van der Waals surface area contributed by atoms with Crippen LogP contribution < -0.4 is 5.73 Å². The highest BCUT2D eigenvalue weighted by Crippen LogP contribution is 2.30. The molecule has 0 aliphatic heterocycles. The van der Waals surface area contributed by atoms with Crippen molar-refractivity contribution in [1.82, 2.24) is 0 Å². The molecule has 0 aromatic rings. The molecule has 70 valence electrons. The predicted molar refractivity (Wildman–Crippen MR) is 49.8 cm³/mol. The first-order valence-electron chi connectivity index (χ1n) is 4.95. The van der Waals surface area contributed by atoms with Crippen molar-refractivity contribution in [2.45, 2.75) is 39.0 Å². The highest BCUT2D eigenvalue weighted by Gasteiger charge is 2.25. The highest BCUT2D eigenvalue weighted by atomic mass is 16.1. The molecule has 1 aliphatic rings. The van der Waals surface area contributed by atoms with Crippen LogP contribution in [-0.2, 0) is 4.79 Å². The zero-order valence-corrected chi connectivity index (χ0v) is 7.88. The van der Waals surface area contributed by atoms with Crippen molar-refractivity contribution in [3.63, 3.8) is 0 Å². The molecule has 1 fully saturated rings. The van der Waals surface area contributed by atoms with Gasteiger partial charge in [0.1, 0.15) is 5.78 Å². The number of rotatable bonds is 3. The number of Topliss-reactive ketones (excluding diaryl/α,β-unsaturated/α-hetero) is 1. The summed E-state index contributed by atoms with van der Waals surface area (Å²) in [4.78, 5) is 11.2. The van der Waals surface area contributed by atoms with Gasteiger partial charge in [0.25, 0.3) is 0 Å². The van der Waals surface area contributed by atoms with Crippen molar-refractivity contribution in [1.29, 1.82) is 0 Å². The number of carbonyl (C=O) groups is 1. The third kappa shape index (κ3) is 2.59.